The molecule has 5 rings (SSSR count). The van der Waals surface area contributed by atoms with Crippen LogP contribution in [-0.4, -0.2) is 42.3 Å². The minimum Gasteiger partial charge on any atom is -0.329 e. The molecule has 2 aromatic heterocycles. The van der Waals surface area contributed by atoms with Crippen molar-refractivity contribution in [2.24, 2.45) is 0 Å². The summed E-state index contributed by atoms with van der Waals surface area (Å²) in [6.45, 7) is 1.22. The first kappa shape index (κ1) is 19.6. The lowest BCUT2D eigenvalue weighted by Gasteiger charge is -2.27. The van der Waals surface area contributed by atoms with Gasteiger partial charge in [0.05, 0.1) is 23.2 Å². The number of hydrogen-bond donors (Lipinski definition) is 1. The zero-order valence-corrected chi connectivity index (χ0v) is 17.8. The third kappa shape index (κ3) is 3.52. The minimum atomic E-state index is -0.582. The number of nitrogens with zero attached hydrogens (tertiary/aromatic N) is 5. The highest BCUT2D eigenvalue weighted by Crippen LogP contribution is 2.22. The number of carbonyl (C=O) groups is 1. The van der Waals surface area contributed by atoms with E-state index in [4.69, 9.17) is 0 Å². The Morgan fingerprint density at radius 3 is 2.77 bits per heavy atom. The van der Waals surface area contributed by atoms with E-state index in [9.17, 15) is 14.0 Å². The van der Waals surface area contributed by atoms with E-state index in [1.807, 2.05) is 16.7 Å². The zero-order valence-electron chi connectivity index (χ0n) is 16.2. The van der Waals surface area contributed by atoms with Crippen molar-refractivity contribution in [2.75, 3.05) is 6.54 Å². The Labute approximate surface area is 183 Å². The van der Waals surface area contributed by atoms with Crippen LogP contribution in [-0.2, 0) is 19.5 Å². The summed E-state index contributed by atoms with van der Waals surface area (Å²) in [6, 6.07) is 11.6. The van der Waals surface area contributed by atoms with E-state index < -0.39 is 11.7 Å². The summed E-state index contributed by atoms with van der Waals surface area (Å²) in [4.78, 5) is 26.6. The van der Waals surface area contributed by atoms with Crippen LogP contribution in [0.2, 0.25) is 0 Å². The fourth-order valence-electron chi connectivity index (χ4n) is 3.81. The van der Waals surface area contributed by atoms with Gasteiger partial charge in [0.2, 0.25) is 0 Å². The molecule has 8 nitrogen and oxygen atoms in total. The smallest absolute Gasteiger partial charge is 0.272 e. The average Bonchev–Trinajstić information content (AvgIpc) is 3.17. The molecule has 0 radical (unpaired) electrons. The predicted molar refractivity (Wildman–Crippen MR) is 114 cm³/mol. The van der Waals surface area contributed by atoms with Crippen LogP contribution >= 0.6 is 15.9 Å². The molecule has 4 aromatic rings. The first-order chi connectivity index (χ1) is 15.0. The summed E-state index contributed by atoms with van der Waals surface area (Å²) in [5.41, 5.74) is 1.10. The lowest BCUT2D eigenvalue weighted by Crippen LogP contribution is -2.38. The summed E-state index contributed by atoms with van der Waals surface area (Å²) >= 11 is 3.33. The first-order valence-electron chi connectivity index (χ1n) is 9.63. The second-order valence-electron chi connectivity index (χ2n) is 7.30. The van der Waals surface area contributed by atoms with E-state index in [1.165, 1.54) is 6.07 Å². The van der Waals surface area contributed by atoms with Gasteiger partial charge in [-0.3, -0.25) is 9.59 Å². The van der Waals surface area contributed by atoms with Crippen molar-refractivity contribution in [2.45, 2.75) is 19.5 Å². The fourth-order valence-corrected chi connectivity index (χ4v) is 4.27. The van der Waals surface area contributed by atoms with Gasteiger partial charge in [-0.25, -0.2) is 9.49 Å². The molecule has 3 heterocycles. The van der Waals surface area contributed by atoms with Crippen LogP contribution in [0.5, 0.6) is 0 Å². The monoisotopic (exact) mass is 482 g/mol. The summed E-state index contributed by atoms with van der Waals surface area (Å²) in [6.07, 6.45) is 0.346. The van der Waals surface area contributed by atoms with Crippen LogP contribution in [0.25, 0.3) is 10.8 Å². The van der Waals surface area contributed by atoms with Crippen molar-refractivity contribution in [1.29, 1.82) is 0 Å². The third-order valence-corrected chi connectivity index (χ3v) is 5.99. The predicted octanol–water partition coefficient (Wildman–Crippen LogP) is 2.66. The maximum atomic E-state index is 14.6. The Hall–Kier alpha value is -3.40. The van der Waals surface area contributed by atoms with Gasteiger partial charge in [0.1, 0.15) is 5.82 Å². The molecule has 10 heteroatoms. The molecule has 1 amide bonds. The van der Waals surface area contributed by atoms with Crippen molar-refractivity contribution >= 4 is 32.6 Å². The molecule has 0 bridgehead atoms. The number of aromatic amines is 1. The minimum absolute atomic E-state index is 0.00161. The number of carbonyl (C=O) groups excluding carboxylic acids is 1. The van der Waals surface area contributed by atoms with Gasteiger partial charge in [0.15, 0.2) is 10.6 Å². The molecule has 31 heavy (non-hydrogen) atoms. The Morgan fingerprint density at radius 2 is 1.94 bits per heavy atom. The van der Waals surface area contributed by atoms with Crippen LogP contribution in [0.3, 0.4) is 0 Å². The Bertz CT molecular complexity index is 1380. The van der Waals surface area contributed by atoms with Crippen molar-refractivity contribution in [1.82, 2.24) is 29.9 Å². The number of H-pyrrole nitrogens is 1. The number of hydrogen-bond acceptors (Lipinski definition) is 5. The number of amides is 1. The highest BCUT2D eigenvalue weighted by atomic mass is 79.9. The van der Waals surface area contributed by atoms with E-state index in [2.05, 4.69) is 36.3 Å². The van der Waals surface area contributed by atoms with Gasteiger partial charge >= 0.3 is 0 Å². The van der Waals surface area contributed by atoms with Gasteiger partial charge in [0.25, 0.3) is 11.5 Å². The number of aromatic nitrogens is 5. The van der Waals surface area contributed by atoms with E-state index >= 15 is 0 Å². The van der Waals surface area contributed by atoms with Gasteiger partial charge in [0, 0.05) is 24.9 Å². The van der Waals surface area contributed by atoms with Crippen LogP contribution < -0.4 is 5.56 Å². The number of benzene rings is 2. The molecule has 0 aliphatic carbocycles. The molecule has 2 aromatic carbocycles. The number of rotatable bonds is 3. The fraction of sp³-hybridized carbons (Fsp3) is 0.190. The molecule has 1 aliphatic rings. The molecule has 0 saturated carbocycles. The number of halogens is 2. The Morgan fingerprint density at radius 1 is 1.13 bits per heavy atom. The molecule has 0 unspecified atom stereocenters. The molecule has 0 fully saturated rings. The normalized spacial score (nSPS) is 13.4. The highest BCUT2D eigenvalue weighted by Gasteiger charge is 2.26. The zero-order chi connectivity index (χ0) is 21.5. The van der Waals surface area contributed by atoms with Crippen molar-refractivity contribution in [3.8, 4) is 0 Å². The Kier molecular flexibility index (Phi) is 4.85. The third-order valence-electron chi connectivity index (χ3n) is 5.40. The second-order valence-corrected chi connectivity index (χ2v) is 8.01. The van der Waals surface area contributed by atoms with Crippen molar-refractivity contribution in [3.63, 3.8) is 0 Å². The number of nitrogens with one attached hydrogen (secondary N) is 1. The molecular formula is C21H16BrFN6O2. The van der Waals surface area contributed by atoms with Crippen molar-refractivity contribution < 1.29 is 9.18 Å². The van der Waals surface area contributed by atoms with Crippen LogP contribution in [0.15, 0.2) is 52.0 Å². The first-order valence-corrected chi connectivity index (χ1v) is 10.4. The molecular weight excluding hydrogens is 467 g/mol. The van der Waals surface area contributed by atoms with E-state index in [0.29, 0.717) is 41.1 Å². The van der Waals surface area contributed by atoms with E-state index in [0.717, 1.165) is 10.9 Å². The molecule has 0 saturated heterocycles. The maximum Gasteiger partial charge on any atom is 0.272 e. The van der Waals surface area contributed by atoms with Crippen LogP contribution in [0.1, 0.15) is 27.4 Å². The quantitative estimate of drug-likeness (QED) is 0.484. The highest BCUT2D eigenvalue weighted by molar-refractivity contribution is 9.10. The second kappa shape index (κ2) is 7.69. The topological polar surface area (TPSA) is 96.8 Å². The summed E-state index contributed by atoms with van der Waals surface area (Å²) in [5, 5.41) is 15.9. The maximum absolute atomic E-state index is 14.6. The molecule has 156 valence electrons. The standard InChI is InChI=1S/C21H16BrFN6O2/c22-21-27-25-18-11-28(7-8-29(18)21)20(31)15-9-12(5-6-16(15)23)10-17-13-3-1-2-4-14(13)19(30)26-24-17/h1-6,9H,7-8,10-11H2,(H,26,30). The average molecular weight is 483 g/mol. The van der Waals surface area contributed by atoms with Gasteiger partial charge in [-0.05, 0) is 39.7 Å². The Balaban J connectivity index is 1.44. The van der Waals surface area contributed by atoms with Gasteiger partial charge in [-0.1, -0.05) is 24.3 Å². The molecule has 1 aliphatic heterocycles. The van der Waals surface area contributed by atoms with Crippen LogP contribution in [0.4, 0.5) is 4.39 Å². The lowest BCUT2D eigenvalue weighted by atomic mass is 10.0. The van der Waals surface area contributed by atoms with Gasteiger partial charge in [-0.2, -0.15) is 5.10 Å². The molecule has 0 atom stereocenters. The number of fused-ring (bicyclic) bond motifs is 2. The van der Waals surface area contributed by atoms with Crippen LogP contribution in [0, 0.1) is 5.82 Å². The SMILES string of the molecule is O=C(c1cc(Cc2n[nH]c(=O)c3ccccc23)ccc1F)N1CCn2c(Br)nnc2C1. The lowest BCUT2D eigenvalue weighted by molar-refractivity contribution is 0.0702. The van der Waals surface area contributed by atoms with E-state index in [1.54, 1.807) is 29.2 Å². The van der Waals surface area contributed by atoms with Crippen molar-refractivity contribution in [3.05, 3.63) is 86.0 Å². The summed E-state index contributed by atoms with van der Waals surface area (Å²) < 4.78 is 17.1. The molecule has 1 N–H and O–H groups in total. The molecule has 0 spiro atoms. The summed E-state index contributed by atoms with van der Waals surface area (Å²) in [7, 11) is 0. The van der Waals surface area contributed by atoms with Gasteiger partial charge < -0.3 is 9.47 Å². The van der Waals surface area contributed by atoms with E-state index in [-0.39, 0.29) is 17.7 Å². The summed E-state index contributed by atoms with van der Waals surface area (Å²) in [5.74, 6) is -0.336. The largest absolute Gasteiger partial charge is 0.329 e. The van der Waals surface area contributed by atoms with Gasteiger partial charge in [-0.15, -0.1) is 10.2 Å².